The molecule has 8 nitrogen and oxygen atoms in total. The molecule has 2 heterocycles. The Bertz CT molecular complexity index is 801. The zero-order valence-electron chi connectivity index (χ0n) is 10.6. The molecule has 4 N–H and O–H groups in total. The molecule has 0 aliphatic heterocycles. The van der Waals surface area contributed by atoms with Crippen molar-refractivity contribution in [2.75, 3.05) is 0 Å². The fourth-order valence-corrected chi connectivity index (χ4v) is 1.98. The van der Waals surface area contributed by atoms with Gasteiger partial charge in [-0.1, -0.05) is 6.07 Å². The normalized spacial score (nSPS) is 12.4. The van der Waals surface area contributed by atoms with Crippen LogP contribution >= 0.6 is 0 Å². The Morgan fingerprint density at radius 1 is 1.30 bits per heavy atom. The summed E-state index contributed by atoms with van der Waals surface area (Å²) in [6, 6.07) is 5.23. The molecule has 0 aliphatic rings. The number of nitrogens with zero attached hydrogens (tertiary/aromatic N) is 2. The van der Waals surface area contributed by atoms with Gasteiger partial charge in [-0.15, -0.1) is 0 Å². The van der Waals surface area contributed by atoms with Crippen LogP contribution in [0.5, 0.6) is 0 Å². The second-order valence-corrected chi connectivity index (χ2v) is 4.41. The van der Waals surface area contributed by atoms with Gasteiger partial charge in [-0.2, -0.15) is 5.10 Å². The van der Waals surface area contributed by atoms with E-state index in [1.54, 1.807) is 6.07 Å². The lowest BCUT2D eigenvalue weighted by Gasteiger charge is -2.13. The van der Waals surface area contributed by atoms with Crippen molar-refractivity contribution in [2.45, 2.75) is 13.0 Å². The molecular formula is C12H12N6O2. The number of aromatic amines is 3. The Morgan fingerprint density at radius 2 is 2.10 bits per heavy atom. The van der Waals surface area contributed by atoms with Crippen LogP contribution in [0.25, 0.3) is 11.0 Å². The van der Waals surface area contributed by atoms with Crippen LogP contribution in [0.4, 0.5) is 0 Å². The fourth-order valence-electron chi connectivity index (χ4n) is 1.98. The van der Waals surface area contributed by atoms with Gasteiger partial charge in [-0.05, 0) is 24.6 Å². The van der Waals surface area contributed by atoms with Gasteiger partial charge in [0.15, 0.2) is 0 Å². The van der Waals surface area contributed by atoms with Crippen molar-refractivity contribution in [1.82, 2.24) is 30.5 Å². The number of benzene rings is 1. The van der Waals surface area contributed by atoms with E-state index in [1.165, 1.54) is 6.33 Å². The number of carbonyl (C=O) groups excluding carboxylic acids is 1. The van der Waals surface area contributed by atoms with Crippen molar-refractivity contribution >= 4 is 16.9 Å². The summed E-state index contributed by atoms with van der Waals surface area (Å²) in [6.45, 7) is 1.85. The SMILES string of the molecule is CC(NC(=O)c1ncn[nH]1)c1ccc2[nH]c(=O)[nH]c2c1. The number of imidazole rings is 1. The summed E-state index contributed by atoms with van der Waals surface area (Å²) in [5.74, 6) is -0.175. The molecule has 0 aliphatic carbocycles. The van der Waals surface area contributed by atoms with Gasteiger partial charge in [-0.3, -0.25) is 9.89 Å². The van der Waals surface area contributed by atoms with E-state index >= 15 is 0 Å². The van der Waals surface area contributed by atoms with Crippen molar-refractivity contribution < 1.29 is 4.79 Å². The van der Waals surface area contributed by atoms with Crippen LogP contribution in [0.3, 0.4) is 0 Å². The van der Waals surface area contributed by atoms with Gasteiger partial charge in [-0.25, -0.2) is 9.78 Å². The molecule has 0 bridgehead atoms. The molecule has 3 rings (SSSR count). The van der Waals surface area contributed by atoms with Gasteiger partial charge in [0, 0.05) is 0 Å². The van der Waals surface area contributed by atoms with E-state index in [2.05, 4.69) is 30.5 Å². The number of rotatable bonds is 3. The minimum Gasteiger partial charge on any atom is -0.343 e. The van der Waals surface area contributed by atoms with Gasteiger partial charge in [0.25, 0.3) is 5.91 Å². The predicted octanol–water partition coefficient (Wildman–Crippen LogP) is 0.465. The minimum atomic E-state index is -0.336. The fraction of sp³-hybridized carbons (Fsp3) is 0.167. The third kappa shape index (κ3) is 2.18. The number of fused-ring (bicyclic) bond motifs is 1. The Labute approximate surface area is 112 Å². The Morgan fingerprint density at radius 3 is 2.85 bits per heavy atom. The van der Waals surface area contributed by atoms with Gasteiger partial charge >= 0.3 is 5.69 Å². The van der Waals surface area contributed by atoms with Gasteiger partial charge in [0.05, 0.1) is 17.1 Å². The van der Waals surface area contributed by atoms with Gasteiger partial charge < -0.3 is 15.3 Å². The molecule has 1 amide bonds. The number of H-pyrrole nitrogens is 3. The smallest absolute Gasteiger partial charge is 0.323 e. The molecule has 102 valence electrons. The van der Waals surface area contributed by atoms with E-state index < -0.39 is 0 Å². The second kappa shape index (κ2) is 4.65. The van der Waals surface area contributed by atoms with E-state index in [-0.39, 0.29) is 23.5 Å². The number of hydrogen-bond acceptors (Lipinski definition) is 4. The van der Waals surface area contributed by atoms with E-state index in [9.17, 15) is 9.59 Å². The highest BCUT2D eigenvalue weighted by molar-refractivity contribution is 5.90. The average Bonchev–Trinajstić information content (AvgIpc) is 3.05. The van der Waals surface area contributed by atoms with Crippen LogP contribution in [0.2, 0.25) is 0 Å². The summed E-state index contributed by atoms with van der Waals surface area (Å²) >= 11 is 0. The minimum absolute atomic E-state index is 0.160. The third-order valence-corrected chi connectivity index (χ3v) is 3.02. The summed E-state index contributed by atoms with van der Waals surface area (Å²) in [5.41, 5.74) is 2.05. The number of hydrogen-bond donors (Lipinski definition) is 4. The molecule has 2 aromatic heterocycles. The molecule has 8 heteroatoms. The van der Waals surface area contributed by atoms with Crippen molar-refractivity contribution in [3.63, 3.8) is 0 Å². The molecule has 1 atom stereocenters. The van der Waals surface area contributed by atoms with Crippen LogP contribution in [-0.4, -0.2) is 31.1 Å². The third-order valence-electron chi connectivity index (χ3n) is 3.02. The van der Waals surface area contributed by atoms with Crippen LogP contribution < -0.4 is 11.0 Å². The summed E-state index contributed by atoms with van der Waals surface area (Å²) in [6.07, 6.45) is 1.27. The highest BCUT2D eigenvalue weighted by Gasteiger charge is 2.14. The molecule has 3 aromatic rings. The van der Waals surface area contributed by atoms with Crippen molar-refractivity contribution in [3.8, 4) is 0 Å². The number of amides is 1. The number of aromatic nitrogens is 5. The van der Waals surface area contributed by atoms with Crippen LogP contribution in [0.15, 0.2) is 29.3 Å². The standard InChI is InChI=1S/C12H12N6O2/c1-6(15-11(19)10-13-5-14-18-10)7-2-3-8-9(4-7)17-12(20)16-8/h2-6H,1H3,(H,15,19)(H,13,14,18)(H2,16,17,20). The number of nitrogens with one attached hydrogen (secondary N) is 4. The summed E-state index contributed by atoms with van der Waals surface area (Å²) in [7, 11) is 0. The monoisotopic (exact) mass is 272 g/mol. The molecule has 1 unspecified atom stereocenters. The van der Waals surface area contributed by atoms with Crippen LogP contribution in [0, 0.1) is 0 Å². The highest BCUT2D eigenvalue weighted by Crippen LogP contribution is 2.17. The zero-order chi connectivity index (χ0) is 14.1. The first-order chi connectivity index (χ1) is 9.63. The van der Waals surface area contributed by atoms with E-state index in [1.807, 2.05) is 19.1 Å². The Kier molecular flexibility index (Phi) is 2.82. The number of carbonyl (C=O) groups is 1. The molecule has 0 saturated heterocycles. The summed E-state index contributed by atoms with van der Waals surface area (Å²) in [4.78, 5) is 32.2. The van der Waals surface area contributed by atoms with Crippen molar-refractivity contribution in [1.29, 1.82) is 0 Å². The molecule has 1 aromatic carbocycles. The topological polar surface area (TPSA) is 119 Å². The summed E-state index contributed by atoms with van der Waals surface area (Å²) in [5, 5.41) is 8.92. The van der Waals surface area contributed by atoms with Crippen LogP contribution in [0.1, 0.15) is 29.1 Å². The first-order valence-corrected chi connectivity index (χ1v) is 6.01. The van der Waals surface area contributed by atoms with E-state index in [4.69, 9.17) is 0 Å². The van der Waals surface area contributed by atoms with Crippen molar-refractivity contribution in [3.05, 3.63) is 46.4 Å². The van der Waals surface area contributed by atoms with E-state index in [0.717, 1.165) is 11.1 Å². The maximum absolute atomic E-state index is 11.8. The van der Waals surface area contributed by atoms with Crippen LogP contribution in [-0.2, 0) is 0 Å². The Hall–Kier alpha value is -2.90. The predicted molar refractivity (Wildman–Crippen MR) is 71.2 cm³/mol. The lowest BCUT2D eigenvalue weighted by molar-refractivity contribution is 0.0930. The molecule has 20 heavy (non-hydrogen) atoms. The van der Waals surface area contributed by atoms with Crippen molar-refractivity contribution in [2.24, 2.45) is 0 Å². The van der Waals surface area contributed by atoms with E-state index in [0.29, 0.717) is 5.52 Å². The second-order valence-electron chi connectivity index (χ2n) is 4.41. The zero-order valence-corrected chi connectivity index (χ0v) is 10.6. The molecular weight excluding hydrogens is 260 g/mol. The van der Waals surface area contributed by atoms with Gasteiger partial charge in [0.1, 0.15) is 6.33 Å². The maximum atomic E-state index is 11.8. The lowest BCUT2D eigenvalue weighted by atomic mass is 10.1. The molecule has 0 saturated carbocycles. The quantitative estimate of drug-likeness (QED) is 0.553. The average molecular weight is 272 g/mol. The van der Waals surface area contributed by atoms with Gasteiger partial charge in [0.2, 0.25) is 5.82 Å². The molecule has 0 spiro atoms. The first-order valence-electron chi connectivity index (χ1n) is 6.01. The lowest BCUT2D eigenvalue weighted by Crippen LogP contribution is -2.27. The highest BCUT2D eigenvalue weighted by atomic mass is 16.2. The summed E-state index contributed by atoms with van der Waals surface area (Å²) < 4.78 is 0. The largest absolute Gasteiger partial charge is 0.343 e. The maximum Gasteiger partial charge on any atom is 0.323 e. The molecule has 0 fully saturated rings. The molecule has 0 radical (unpaired) electrons. The Balaban J connectivity index is 1.83. The first kappa shape index (κ1) is 12.2.